The first-order chi connectivity index (χ1) is 14.0. The van der Waals surface area contributed by atoms with Crippen molar-refractivity contribution in [1.29, 1.82) is 0 Å². The summed E-state index contributed by atoms with van der Waals surface area (Å²) in [7, 11) is 1.34. The molecule has 0 radical (unpaired) electrons. The second-order valence-electron chi connectivity index (χ2n) is 7.78. The van der Waals surface area contributed by atoms with Gasteiger partial charge in [-0.05, 0) is 24.8 Å². The molecule has 2 fully saturated rings. The Bertz CT molecular complexity index is 1030. The molecule has 4 unspecified atom stereocenters. The number of rotatable bonds is 3. The zero-order chi connectivity index (χ0) is 20.2. The van der Waals surface area contributed by atoms with Crippen molar-refractivity contribution >= 4 is 28.5 Å². The third kappa shape index (κ3) is 2.84. The number of carbonyl (C=O) groups is 2. The summed E-state index contributed by atoms with van der Waals surface area (Å²) >= 11 is 0. The number of hydrogen-bond acceptors (Lipinski definition) is 6. The van der Waals surface area contributed by atoms with Crippen molar-refractivity contribution in [1.82, 2.24) is 0 Å². The Kier molecular flexibility index (Phi) is 4.03. The molecular weight excluding hydrogens is 374 g/mol. The lowest BCUT2D eigenvalue weighted by atomic mass is 9.82. The van der Waals surface area contributed by atoms with Crippen LogP contribution >= 0.6 is 0 Å². The smallest absolute Gasteiger partial charge is 0.414 e. The minimum absolute atomic E-state index is 0.0273. The molecule has 2 heterocycles. The van der Waals surface area contributed by atoms with Crippen LogP contribution in [0, 0.1) is 11.8 Å². The van der Waals surface area contributed by atoms with Crippen molar-refractivity contribution in [3.05, 3.63) is 54.3 Å². The van der Waals surface area contributed by atoms with E-state index in [4.69, 9.17) is 18.9 Å². The van der Waals surface area contributed by atoms with Crippen LogP contribution in [0.25, 0.3) is 10.8 Å². The minimum atomic E-state index is -0.846. The van der Waals surface area contributed by atoms with Gasteiger partial charge in [-0.25, -0.2) is 9.59 Å². The lowest BCUT2D eigenvalue weighted by molar-refractivity contribution is -0.149. The maximum absolute atomic E-state index is 12.6. The molecule has 5 rings (SSSR count). The third-order valence-electron chi connectivity index (χ3n) is 6.23. The highest BCUT2D eigenvalue weighted by molar-refractivity contribution is 6.00. The number of ether oxygens (including phenoxy) is 4. The Morgan fingerprint density at radius 3 is 2.79 bits per heavy atom. The van der Waals surface area contributed by atoms with E-state index >= 15 is 0 Å². The van der Waals surface area contributed by atoms with Crippen LogP contribution in [-0.2, 0) is 23.7 Å². The summed E-state index contributed by atoms with van der Waals surface area (Å²) in [5.41, 5.74) is 0.649. The number of fused-ring (bicyclic) bond motifs is 4. The van der Waals surface area contributed by atoms with Crippen LogP contribution in [0.5, 0.6) is 0 Å². The molecule has 7 nitrogen and oxygen atoms in total. The average Bonchev–Trinajstić information content (AvgIpc) is 3.28. The monoisotopic (exact) mass is 395 g/mol. The van der Waals surface area contributed by atoms with Crippen molar-refractivity contribution in [3.8, 4) is 0 Å². The molecule has 1 saturated carbocycles. The van der Waals surface area contributed by atoms with Gasteiger partial charge in [-0.3, -0.25) is 5.32 Å². The van der Waals surface area contributed by atoms with E-state index in [1.807, 2.05) is 49.4 Å². The zero-order valence-corrected chi connectivity index (χ0v) is 16.1. The summed E-state index contributed by atoms with van der Waals surface area (Å²) in [5, 5.41) is 4.74. The number of anilines is 1. The molecule has 1 amide bonds. The van der Waals surface area contributed by atoms with Crippen LogP contribution < -0.4 is 5.32 Å². The predicted octanol–water partition coefficient (Wildman–Crippen LogP) is 3.60. The first-order valence-electron chi connectivity index (χ1n) is 9.58. The number of epoxide rings is 1. The van der Waals surface area contributed by atoms with E-state index in [0.717, 1.165) is 10.8 Å². The summed E-state index contributed by atoms with van der Waals surface area (Å²) in [6.45, 7) is 1.96. The summed E-state index contributed by atoms with van der Waals surface area (Å²) < 4.78 is 22.0. The van der Waals surface area contributed by atoms with Gasteiger partial charge < -0.3 is 18.9 Å². The fourth-order valence-electron chi connectivity index (χ4n) is 4.72. The zero-order valence-electron chi connectivity index (χ0n) is 16.1. The lowest BCUT2D eigenvalue weighted by Gasteiger charge is -2.35. The Hall–Kier alpha value is -3.06. The number of methoxy groups -OCH3 is 1. The summed E-state index contributed by atoms with van der Waals surface area (Å²) in [4.78, 5) is 24.7. The van der Waals surface area contributed by atoms with Crippen LogP contribution in [0.4, 0.5) is 10.5 Å². The molecule has 0 spiro atoms. The quantitative estimate of drug-likeness (QED) is 0.631. The minimum Gasteiger partial charge on any atom is -0.466 e. The number of esters is 1. The molecule has 1 N–H and O–H groups in total. The van der Waals surface area contributed by atoms with Gasteiger partial charge in [-0.1, -0.05) is 36.4 Å². The Morgan fingerprint density at radius 2 is 1.97 bits per heavy atom. The molecule has 1 aliphatic carbocycles. The highest BCUT2D eigenvalue weighted by atomic mass is 16.7. The van der Waals surface area contributed by atoms with Crippen molar-refractivity contribution < 1.29 is 28.5 Å². The highest BCUT2D eigenvalue weighted by Crippen LogP contribution is 2.61. The van der Waals surface area contributed by atoms with Crippen LogP contribution in [0.15, 0.2) is 54.3 Å². The van der Waals surface area contributed by atoms with Crippen molar-refractivity contribution in [3.63, 3.8) is 0 Å². The number of carbonyl (C=O) groups excluding carboxylic acids is 2. The molecule has 3 aliphatic rings. The van der Waals surface area contributed by atoms with Gasteiger partial charge in [0.25, 0.3) is 6.29 Å². The van der Waals surface area contributed by atoms with Gasteiger partial charge in [-0.2, -0.15) is 0 Å². The van der Waals surface area contributed by atoms with Gasteiger partial charge in [0.05, 0.1) is 36.7 Å². The van der Waals surface area contributed by atoms with Gasteiger partial charge >= 0.3 is 12.1 Å². The van der Waals surface area contributed by atoms with E-state index in [1.165, 1.54) is 13.4 Å². The molecule has 2 aromatic rings. The predicted molar refractivity (Wildman–Crippen MR) is 104 cm³/mol. The molecule has 1 saturated heterocycles. The second-order valence-corrected chi connectivity index (χ2v) is 7.78. The Balaban J connectivity index is 1.36. The van der Waals surface area contributed by atoms with E-state index in [1.54, 1.807) is 0 Å². The van der Waals surface area contributed by atoms with E-state index in [2.05, 4.69) is 5.32 Å². The molecule has 0 aromatic heterocycles. The molecule has 2 aromatic carbocycles. The second kappa shape index (κ2) is 6.49. The van der Waals surface area contributed by atoms with Crippen LogP contribution in [0.2, 0.25) is 0 Å². The number of hydrogen-bond donors (Lipinski definition) is 1. The fraction of sp³-hybridized carbons (Fsp3) is 0.364. The molecular formula is C22H21NO6. The van der Waals surface area contributed by atoms with Gasteiger partial charge in [0.2, 0.25) is 0 Å². The SMILES string of the molecule is COC(=O)C1=COC(OC(=O)Nc2cccc3ccccc23)C2C1CC1O[C@@]12C. The van der Waals surface area contributed by atoms with Crippen molar-refractivity contribution in [2.45, 2.75) is 31.3 Å². The normalized spacial score (nSPS) is 31.7. The molecule has 2 aliphatic heterocycles. The highest BCUT2D eigenvalue weighted by Gasteiger charge is 2.71. The van der Waals surface area contributed by atoms with Gasteiger partial charge in [-0.15, -0.1) is 0 Å². The lowest BCUT2D eigenvalue weighted by Crippen LogP contribution is -2.43. The van der Waals surface area contributed by atoms with E-state index < -0.39 is 24.0 Å². The summed E-state index contributed by atoms with van der Waals surface area (Å²) in [6, 6.07) is 13.4. The first-order valence-corrected chi connectivity index (χ1v) is 9.58. The summed E-state index contributed by atoms with van der Waals surface area (Å²) in [5.74, 6) is -0.830. The van der Waals surface area contributed by atoms with Gasteiger partial charge in [0.1, 0.15) is 5.60 Å². The molecule has 150 valence electrons. The molecule has 0 bridgehead atoms. The number of nitrogens with one attached hydrogen (secondary N) is 1. The van der Waals surface area contributed by atoms with Crippen molar-refractivity contribution in [2.75, 3.05) is 12.4 Å². The van der Waals surface area contributed by atoms with E-state index in [0.29, 0.717) is 17.7 Å². The van der Waals surface area contributed by atoms with Crippen molar-refractivity contribution in [2.24, 2.45) is 11.8 Å². The summed E-state index contributed by atoms with van der Waals surface area (Å²) in [6.07, 6.45) is 0.598. The average molecular weight is 395 g/mol. The maximum atomic E-state index is 12.6. The maximum Gasteiger partial charge on any atom is 0.414 e. The largest absolute Gasteiger partial charge is 0.466 e. The standard InChI is InChI=1S/C22H21NO6/c1-22-17(29-22)10-14-15(19(24)26-2)11-27-20(18(14)22)28-21(25)23-16-9-5-7-12-6-3-4-8-13(12)16/h3-9,11,14,17-18,20H,10H2,1-2H3,(H,23,25)/t14?,17?,18?,20?,22-/m0/s1. The van der Waals surface area contributed by atoms with Gasteiger partial charge in [0.15, 0.2) is 0 Å². The Labute approximate surface area is 167 Å². The molecule has 29 heavy (non-hydrogen) atoms. The van der Waals surface area contributed by atoms with Crippen LogP contribution in [0.3, 0.4) is 0 Å². The Morgan fingerprint density at radius 1 is 1.17 bits per heavy atom. The van der Waals surface area contributed by atoms with Crippen LogP contribution in [0.1, 0.15) is 13.3 Å². The number of amides is 1. The molecule has 7 heteroatoms. The van der Waals surface area contributed by atoms with Crippen LogP contribution in [-0.4, -0.2) is 37.2 Å². The third-order valence-corrected chi connectivity index (χ3v) is 6.23. The topological polar surface area (TPSA) is 86.4 Å². The fourth-order valence-corrected chi connectivity index (χ4v) is 4.72. The molecule has 5 atom stereocenters. The first kappa shape index (κ1) is 18.0. The van der Waals surface area contributed by atoms with E-state index in [-0.39, 0.29) is 17.9 Å². The van der Waals surface area contributed by atoms with Gasteiger partial charge in [0, 0.05) is 11.3 Å². The van der Waals surface area contributed by atoms with E-state index in [9.17, 15) is 9.59 Å². The number of benzene rings is 2.